The fourth-order valence-electron chi connectivity index (χ4n) is 3.74. The van der Waals surface area contributed by atoms with Crippen molar-refractivity contribution in [2.45, 2.75) is 58.9 Å². The van der Waals surface area contributed by atoms with E-state index in [0.717, 1.165) is 34.3 Å². The van der Waals surface area contributed by atoms with Crippen LogP contribution in [0.2, 0.25) is 0 Å². The van der Waals surface area contributed by atoms with Gasteiger partial charge >= 0.3 is 0 Å². The average molecular weight is 363 g/mol. The molecule has 1 aliphatic rings. The predicted molar refractivity (Wildman–Crippen MR) is 103 cm³/mol. The second kappa shape index (κ2) is 6.76. The van der Waals surface area contributed by atoms with Gasteiger partial charge in [-0.3, -0.25) is 9.48 Å². The molecular formula is C21H25N5O. The first-order valence-electron chi connectivity index (χ1n) is 9.53. The van der Waals surface area contributed by atoms with Gasteiger partial charge in [-0.15, -0.1) is 0 Å². The Hall–Kier alpha value is -2.76. The number of carbonyl (C=O) groups is 1. The van der Waals surface area contributed by atoms with Crippen LogP contribution < -0.4 is 0 Å². The molecule has 0 radical (unpaired) electrons. The number of hydrogen-bond donors (Lipinski definition) is 0. The molecule has 0 amide bonds. The largest absolute Gasteiger partial charge is 0.294 e. The van der Waals surface area contributed by atoms with Gasteiger partial charge in [-0.1, -0.05) is 18.2 Å². The summed E-state index contributed by atoms with van der Waals surface area (Å²) >= 11 is 0. The normalized spacial score (nSPS) is 15.1. The SMILES string of the molecule is CC(=O)c1c(C)nn(C(C)Cc2nc(C3CC3)nn2-c2ccccc2)c1C. The Balaban J connectivity index is 1.68. The van der Waals surface area contributed by atoms with Crippen molar-refractivity contribution in [1.82, 2.24) is 24.5 Å². The van der Waals surface area contributed by atoms with E-state index in [-0.39, 0.29) is 11.8 Å². The molecule has 1 aromatic carbocycles. The van der Waals surface area contributed by atoms with Gasteiger partial charge in [0.05, 0.1) is 23.0 Å². The Morgan fingerprint density at radius 1 is 1.19 bits per heavy atom. The van der Waals surface area contributed by atoms with Crippen molar-refractivity contribution in [3.8, 4) is 5.69 Å². The molecule has 6 nitrogen and oxygen atoms in total. The quantitative estimate of drug-likeness (QED) is 0.622. The molecule has 1 atom stereocenters. The van der Waals surface area contributed by atoms with Gasteiger partial charge in [0.25, 0.3) is 0 Å². The van der Waals surface area contributed by atoms with Crippen LogP contribution in [0.25, 0.3) is 5.69 Å². The molecule has 27 heavy (non-hydrogen) atoms. The van der Waals surface area contributed by atoms with Gasteiger partial charge in [-0.2, -0.15) is 10.2 Å². The minimum Gasteiger partial charge on any atom is -0.294 e. The van der Waals surface area contributed by atoms with Crippen molar-refractivity contribution in [2.75, 3.05) is 0 Å². The molecule has 3 aromatic rings. The average Bonchev–Trinajstić information content (AvgIpc) is 3.33. The summed E-state index contributed by atoms with van der Waals surface area (Å²) in [6, 6.07) is 10.2. The van der Waals surface area contributed by atoms with Gasteiger partial charge in [0, 0.05) is 18.0 Å². The molecule has 4 rings (SSSR count). The summed E-state index contributed by atoms with van der Waals surface area (Å²) in [5, 5.41) is 9.41. The topological polar surface area (TPSA) is 65.6 Å². The first-order valence-corrected chi connectivity index (χ1v) is 9.53. The molecule has 1 aliphatic carbocycles. The summed E-state index contributed by atoms with van der Waals surface area (Å²) in [5.74, 6) is 2.44. The van der Waals surface area contributed by atoms with E-state index < -0.39 is 0 Å². The third kappa shape index (κ3) is 3.31. The number of rotatable bonds is 6. The van der Waals surface area contributed by atoms with Crippen LogP contribution in [0.15, 0.2) is 30.3 Å². The highest BCUT2D eigenvalue weighted by atomic mass is 16.1. The molecule has 0 bridgehead atoms. The molecule has 0 spiro atoms. The minimum absolute atomic E-state index is 0.0620. The van der Waals surface area contributed by atoms with Crippen LogP contribution in [0.4, 0.5) is 0 Å². The molecule has 0 saturated heterocycles. The third-order valence-corrected chi connectivity index (χ3v) is 5.21. The number of benzene rings is 1. The van der Waals surface area contributed by atoms with E-state index in [1.54, 1.807) is 6.92 Å². The second-order valence-corrected chi connectivity index (χ2v) is 7.51. The number of para-hydroxylation sites is 1. The summed E-state index contributed by atoms with van der Waals surface area (Å²) in [5.41, 5.74) is 3.46. The first-order chi connectivity index (χ1) is 13.0. The monoisotopic (exact) mass is 363 g/mol. The van der Waals surface area contributed by atoms with Crippen molar-refractivity contribution < 1.29 is 4.79 Å². The Labute approximate surface area is 159 Å². The van der Waals surface area contributed by atoms with Gasteiger partial charge in [0.15, 0.2) is 11.6 Å². The van der Waals surface area contributed by atoms with E-state index in [1.807, 2.05) is 41.4 Å². The number of hydrogen-bond acceptors (Lipinski definition) is 4. The molecule has 0 N–H and O–H groups in total. The predicted octanol–water partition coefficient (Wildman–Crippen LogP) is 3.96. The van der Waals surface area contributed by atoms with Crippen molar-refractivity contribution in [3.05, 3.63) is 58.9 Å². The first kappa shape index (κ1) is 17.6. The molecule has 1 saturated carbocycles. The zero-order valence-electron chi connectivity index (χ0n) is 16.3. The van der Waals surface area contributed by atoms with E-state index in [4.69, 9.17) is 10.1 Å². The van der Waals surface area contributed by atoms with E-state index >= 15 is 0 Å². The maximum absolute atomic E-state index is 11.9. The summed E-state index contributed by atoms with van der Waals surface area (Å²) in [7, 11) is 0. The highest BCUT2D eigenvalue weighted by Crippen LogP contribution is 2.38. The van der Waals surface area contributed by atoms with Crippen molar-refractivity contribution in [2.24, 2.45) is 0 Å². The number of aromatic nitrogens is 5. The molecule has 0 aliphatic heterocycles. The second-order valence-electron chi connectivity index (χ2n) is 7.51. The number of nitrogens with zero attached hydrogens (tertiary/aromatic N) is 5. The minimum atomic E-state index is 0.0620. The van der Waals surface area contributed by atoms with Crippen molar-refractivity contribution in [3.63, 3.8) is 0 Å². The Morgan fingerprint density at radius 3 is 2.48 bits per heavy atom. The highest BCUT2D eigenvalue weighted by molar-refractivity contribution is 5.96. The Kier molecular flexibility index (Phi) is 4.42. The zero-order chi connectivity index (χ0) is 19.1. The fraction of sp³-hybridized carbons (Fsp3) is 0.429. The van der Waals surface area contributed by atoms with Crippen LogP contribution in [-0.2, 0) is 6.42 Å². The van der Waals surface area contributed by atoms with Gasteiger partial charge in [0.2, 0.25) is 0 Å². The number of aryl methyl sites for hydroxylation is 1. The smallest absolute Gasteiger partial charge is 0.163 e. The van der Waals surface area contributed by atoms with Crippen LogP contribution in [0.5, 0.6) is 0 Å². The molecule has 2 heterocycles. The lowest BCUT2D eigenvalue weighted by atomic mass is 10.1. The van der Waals surface area contributed by atoms with Crippen molar-refractivity contribution in [1.29, 1.82) is 0 Å². The van der Waals surface area contributed by atoms with Gasteiger partial charge < -0.3 is 0 Å². The highest BCUT2D eigenvalue weighted by Gasteiger charge is 2.30. The Morgan fingerprint density at radius 2 is 1.89 bits per heavy atom. The number of carbonyl (C=O) groups excluding carboxylic acids is 1. The van der Waals surface area contributed by atoms with Crippen LogP contribution in [-0.4, -0.2) is 30.3 Å². The fourth-order valence-corrected chi connectivity index (χ4v) is 3.74. The number of ketones is 1. The number of Topliss-reactive ketones (excluding diaryl/α,β-unsaturated/α-hetero) is 1. The van der Waals surface area contributed by atoms with E-state index in [9.17, 15) is 4.79 Å². The lowest BCUT2D eigenvalue weighted by Crippen LogP contribution is -2.15. The van der Waals surface area contributed by atoms with Crippen LogP contribution in [0.3, 0.4) is 0 Å². The molecular weight excluding hydrogens is 338 g/mol. The lowest BCUT2D eigenvalue weighted by molar-refractivity contribution is 0.101. The molecule has 140 valence electrons. The standard InChI is InChI=1S/C21H25N5O/c1-13(25-15(3)20(16(4)27)14(2)23-25)12-19-22-21(17-10-11-17)24-26(19)18-8-6-5-7-9-18/h5-9,13,17H,10-12H2,1-4H3. The Bertz CT molecular complexity index is 982. The maximum atomic E-state index is 11.9. The summed E-state index contributed by atoms with van der Waals surface area (Å²) < 4.78 is 3.91. The summed E-state index contributed by atoms with van der Waals surface area (Å²) in [6.07, 6.45) is 3.05. The van der Waals surface area contributed by atoms with Crippen molar-refractivity contribution >= 4 is 5.78 Å². The maximum Gasteiger partial charge on any atom is 0.163 e. The lowest BCUT2D eigenvalue weighted by Gasteiger charge is -2.15. The van der Waals surface area contributed by atoms with Crippen LogP contribution >= 0.6 is 0 Å². The van der Waals surface area contributed by atoms with Crippen LogP contribution in [0.1, 0.15) is 72.0 Å². The van der Waals surface area contributed by atoms with Crippen LogP contribution in [0, 0.1) is 13.8 Å². The van der Waals surface area contributed by atoms with Gasteiger partial charge in [-0.25, -0.2) is 9.67 Å². The third-order valence-electron chi connectivity index (χ3n) is 5.21. The summed E-state index contributed by atoms with van der Waals surface area (Å²) in [6.45, 7) is 7.57. The molecule has 6 heteroatoms. The molecule has 1 unspecified atom stereocenters. The van der Waals surface area contributed by atoms with E-state index in [1.165, 1.54) is 12.8 Å². The van der Waals surface area contributed by atoms with E-state index in [0.29, 0.717) is 12.3 Å². The zero-order valence-corrected chi connectivity index (χ0v) is 16.3. The summed E-state index contributed by atoms with van der Waals surface area (Å²) in [4.78, 5) is 16.8. The van der Waals surface area contributed by atoms with Gasteiger partial charge in [0.1, 0.15) is 5.82 Å². The molecule has 1 fully saturated rings. The molecule has 2 aromatic heterocycles. The van der Waals surface area contributed by atoms with Gasteiger partial charge in [-0.05, 0) is 52.7 Å². The van der Waals surface area contributed by atoms with E-state index in [2.05, 4.69) is 24.2 Å².